The molecular weight excluding hydrogens is 516 g/mol. The van der Waals surface area contributed by atoms with Gasteiger partial charge >= 0.3 is 5.97 Å². The molecule has 0 heterocycles. The van der Waals surface area contributed by atoms with E-state index >= 15 is 0 Å². The van der Waals surface area contributed by atoms with Crippen LogP contribution in [0.3, 0.4) is 0 Å². The first-order valence-corrected chi connectivity index (χ1v) is 14.6. The average molecular weight is 560 g/mol. The highest BCUT2D eigenvalue weighted by Gasteiger charge is 2.71. The molecule has 3 saturated carbocycles. The first kappa shape index (κ1) is 26.4. The second-order valence-electron chi connectivity index (χ2n) is 14.7. The van der Waals surface area contributed by atoms with Gasteiger partial charge in [0.05, 0.1) is 17.0 Å². The second kappa shape index (κ2) is 7.67. The summed E-state index contributed by atoms with van der Waals surface area (Å²) in [5, 5.41) is 0. The molecule has 0 amide bonds. The van der Waals surface area contributed by atoms with Gasteiger partial charge in [0, 0.05) is 16.7 Å². The van der Waals surface area contributed by atoms with E-state index in [2.05, 4.69) is 70.5 Å². The van der Waals surface area contributed by atoms with Crippen molar-refractivity contribution in [2.45, 2.75) is 93.4 Å². The van der Waals surface area contributed by atoms with E-state index in [1.165, 1.54) is 12.7 Å². The molecule has 0 aromatic heterocycles. The summed E-state index contributed by atoms with van der Waals surface area (Å²) in [5.74, 6) is 0.175. The quantitative estimate of drug-likeness (QED) is 0.319. The van der Waals surface area contributed by atoms with Gasteiger partial charge in [0.25, 0.3) is 0 Å². The molecule has 5 aliphatic carbocycles. The van der Waals surface area contributed by atoms with Gasteiger partial charge in [-0.1, -0.05) is 60.1 Å². The minimum Gasteiger partial charge on any atom is -0.469 e. The maximum atomic E-state index is 14.3. The van der Waals surface area contributed by atoms with Gasteiger partial charge in [0.2, 0.25) is 0 Å². The Hall–Kier alpha value is -1.23. The van der Waals surface area contributed by atoms with Gasteiger partial charge in [-0.15, -0.1) is 0 Å². The molecule has 7 atom stereocenters. The zero-order chi connectivity index (χ0) is 26.7. The molecule has 198 valence electrons. The molecule has 6 unspecified atom stereocenters. The average Bonchev–Trinajstić information content (AvgIpc) is 2.78. The van der Waals surface area contributed by atoms with Crippen LogP contribution >= 0.6 is 15.9 Å². The normalized spacial score (nSPS) is 46.9. The number of carbonyl (C=O) groups excluding carboxylic acids is 3. The van der Waals surface area contributed by atoms with E-state index in [1.54, 1.807) is 0 Å². The van der Waals surface area contributed by atoms with Gasteiger partial charge in [-0.25, -0.2) is 0 Å². The van der Waals surface area contributed by atoms with Crippen molar-refractivity contribution in [2.24, 2.45) is 50.2 Å². The fourth-order valence-electron chi connectivity index (χ4n) is 10.0. The summed E-state index contributed by atoms with van der Waals surface area (Å²) in [6.07, 6.45) is 10.3. The number of allylic oxidation sites excluding steroid dienone is 4. The zero-order valence-corrected chi connectivity index (χ0v) is 24.9. The third-order valence-corrected chi connectivity index (χ3v) is 12.9. The number of halogens is 1. The van der Waals surface area contributed by atoms with Crippen molar-refractivity contribution in [3.8, 4) is 0 Å². The highest BCUT2D eigenvalue weighted by molar-refractivity contribution is 9.12. The number of carbonyl (C=O) groups is 3. The molecule has 0 aromatic rings. The molecular formula is C31H43BrO4. The second-order valence-corrected chi connectivity index (χ2v) is 15.6. The van der Waals surface area contributed by atoms with E-state index in [9.17, 15) is 14.4 Å². The molecule has 0 spiro atoms. The van der Waals surface area contributed by atoms with Gasteiger partial charge in [-0.05, 0) is 95.0 Å². The molecule has 0 aromatic carbocycles. The highest BCUT2D eigenvalue weighted by atomic mass is 79.9. The predicted octanol–water partition coefficient (Wildman–Crippen LogP) is 7.21. The fraction of sp³-hybridized carbons (Fsp3) is 0.774. The minimum absolute atomic E-state index is 0.00763. The van der Waals surface area contributed by atoms with Crippen LogP contribution in [0.25, 0.3) is 0 Å². The summed E-state index contributed by atoms with van der Waals surface area (Å²) in [6, 6.07) is 0. The molecule has 0 aliphatic heterocycles. The van der Waals surface area contributed by atoms with Crippen molar-refractivity contribution < 1.29 is 19.1 Å². The van der Waals surface area contributed by atoms with Crippen LogP contribution in [0.4, 0.5) is 0 Å². The maximum absolute atomic E-state index is 14.3. The molecule has 3 fully saturated rings. The summed E-state index contributed by atoms with van der Waals surface area (Å²) < 4.78 is 6.06. The summed E-state index contributed by atoms with van der Waals surface area (Å²) in [6.45, 7) is 15.7. The predicted molar refractivity (Wildman–Crippen MR) is 144 cm³/mol. The van der Waals surface area contributed by atoms with Crippen LogP contribution in [0.1, 0.15) is 93.4 Å². The highest BCUT2D eigenvalue weighted by Crippen LogP contribution is 2.74. The van der Waals surface area contributed by atoms with E-state index < -0.39 is 10.8 Å². The fourth-order valence-corrected chi connectivity index (χ4v) is 11.0. The van der Waals surface area contributed by atoms with Crippen molar-refractivity contribution >= 4 is 33.5 Å². The summed E-state index contributed by atoms with van der Waals surface area (Å²) >= 11 is 3.60. The lowest BCUT2D eigenvalue weighted by molar-refractivity contribution is -0.191. The first-order valence-electron chi connectivity index (χ1n) is 13.8. The smallest absolute Gasteiger partial charge is 0.312 e. The van der Waals surface area contributed by atoms with Crippen LogP contribution < -0.4 is 0 Å². The number of Topliss-reactive ketones (excluding diaryl/α,β-unsaturated/α-hetero) is 1. The van der Waals surface area contributed by atoms with Crippen molar-refractivity contribution in [1.29, 1.82) is 0 Å². The van der Waals surface area contributed by atoms with E-state index in [0.717, 1.165) is 44.9 Å². The Labute approximate surface area is 225 Å². The Balaban J connectivity index is 1.69. The van der Waals surface area contributed by atoms with Gasteiger partial charge in [-0.3, -0.25) is 14.4 Å². The number of ketones is 2. The SMILES string of the molecule is COC(=O)C12CCC(C)(C)CC1C1C(=O)C=C3C4(C)C=C(Br)C(=O)C(C)(C)C4CCC3(C)[C@]1(C)CC2. The number of methoxy groups -OCH3 is 1. The van der Waals surface area contributed by atoms with E-state index in [0.29, 0.717) is 4.48 Å². The zero-order valence-electron chi connectivity index (χ0n) is 23.3. The summed E-state index contributed by atoms with van der Waals surface area (Å²) in [5.41, 5.74) is -0.551. The lowest BCUT2D eigenvalue weighted by atomic mass is 9.34. The Morgan fingerprint density at radius 3 is 2.25 bits per heavy atom. The van der Waals surface area contributed by atoms with Crippen molar-refractivity contribution in [2.75, 3.05) is 7.11 Å². The number of hydrogen-bond donors (Lipinski definition) is 0. The maximum Gasteiger partial charge on any atom is 0.312 e. The number of hydrogen-bond acceptors (Lipinski definition) is 4. The molecule has 5 heteroatoms. The monoisotopic (exact) mass is 558 g/mol. The molecule has 0 radical (unpaired) electrons. The van der Waals surface area contributed by atoms with E-state index in [1.807, 2.05) is 6.08 Å². The topological polar surface area (TPSA) is 60.4 Å². The number of fused-ring (bicyclic) bond motifs is 7. The van der Waals surface area contributed by atoms with Crippen LogP contribution in [-0.4, -0.2) is 24.6 Å². The lowest BCUT2D eigenvalue weighted by Gasteiger charge is -2.68. The molecule has 36 heavy (non-hydrogen) atoms. The van der Waals surface area contributed by atoms with Crippen LogP contribution in [0.15, 0.2) is 22.2 Å². The number of ether oxygens (including phenoxy) is 1. The Bertz CT molecular complexity index is 1110. The lowest BCUT2D eigenvalue weighted by Crippen LogP contribution is -2.65. The number of rotatable bonds is 1. The first-order chi connectivity index (χ1) is 16.5. The minimum atomic E-state index is -0.560. The molecule has 5 rings (SSSR count). The molecule has 4 nitrogen and oxygen atoms in total. The van der Waals surface area contributed by atoms with E-state index in [4.69, 9.17) is 4.74 Å². The van der Waals surface area contributed by atoms with Gasteiger partial charge in [0.1, 0.15) is 0 Å². The van der Waals surface area contributed by atoms with Crippen LogP contribution in [-0.2, 0) is 19.1 Å². The molecule has 0 N–H and O–H groups in total. The van der Waals surface area contributed by atoms with Gasteiger partial charge < -0.3 is 4.74 Å². The van der Waals surface area contributed by atoms with Crippen LogP contribution in [0.2, 0.25) is 0 Å². The van der Waals surface area contributed by atoms with Crippen molar-refractivity contribution in [3.05, 3.63) is 22.2 Å². The van der Waals surface area contributed by atoms with Crippen molar-refractivity contribution in [3.63, 3.8) is 0 Å². The Morgan fingerprint density at radius 2 is 1.61 bits per heavy atom. The van der Waals surface area contributed by atoms with E-state index in [-0.39, 0.29) is 56.9 Å². The standard InChI is InChI=1S/C31H43BrO4/c1-26(2)11-13-31(25(35)36-8)14-12-30(7)23(18(31)16-26)20(33)15-22-28(5)17-19(32)24(34)27(3,4)21(28)9-10-29(22,30)6/h15,17-18,21,23H,9-14,16H2,1-8H3/t18?,21?,23?,28?,29?,30-,31?/m1/s1. The Kier molecular flexibility index (Phi) is 5.62. The van der Waals surface area contributed by atoms with Crippen LogP contribution in [0, 0.1) is 50.2 Å². The largest absolute Gasteiger partial charge is 0.469 e. The third-order valence-electron chi connectivity index (χ3n) is 12.3. The Morgan fingerprint density at radius 1 is 0.972 bits per heavy atom. The molecule has 5 aliphatic rings. The summed E-state index contributed by atoms with van der Waals surface area (Å²) in [7, 11) is 1.50. The summed E-state index contributed by atoms with van der Waals surface area (Å²) in [4.78, 5) is 40.9. The van der Waals surface area contributed by atoms with Gasteiger partial charge in [-0.2, -0.15) is 0 Å². The molecule has 0 saturated heterocycles. The third kappa shape index (κ3) is 3.07. The van der Waals surface area contributed by atoms with Crippen LogP contribution in [0.5, 0.6) is 0 Å². The molecule has 0 bridgehead atoms. The number of esters is 1. The van der Waals surface area contributed by atoms with Gasteiger partial charge in [0.15, 0.2) is 11.6 Å². The van der Waals surface area contributed by atoms with Crippen molar-refractivity contribution in [1.82, 2.24) is 0 Å².